The second kappa shape index (κ2) is 13.0. The first-order valence-corrected chi connectivity index (χ1v) is 15.3. The summed E-state index contributed by atoms with van der Waals surface area (Å²) in [5.74, 6) is 3.59. The third-order valence-electron chi connectivity index (χ3n) is 8.05. The van der Waals surface area contributed by atoms with Gasteiger partial charge in [-0.05, 0) is 87.8 Å². The van der Waals surface area contributed by atoms with Crippen LogP contribution in [0.25, 0.3) is 0 Å². The smallest absolute Gasteiger partial charge is 0.487 e. The second-order valence-electron chi connectivity index (χ2n) is 12.0. The van der Waals surface area contributed by atoms with Gasteiger partial charge in [0, 0.05) is 5.56 Å². The van der Waals surface area contributed by atoms with Gasteiger partial charge in [-0.2, -0.15) is 0 Å². The lowest BCUT2D eigenvalue weighted by atomic mass is 9.84. The number of benzene rings is 1. The van der Waals surface area contributed by atoms with Crippen molar-refractivity contribution in [2.45, 2.75) is 132 Å². The van der Waals surface area contributed by atoms with E-state index in [1.54, 1.807) is 0 Å². The van der Waals surface area contributed by atoms with Crippen LogP contribution in [0.5, 0.6) is 11.5 Å². The van der Waals surface area contributed by atoms with Gasteiger partial charge in [0.2, 0.25) is 0 Å². The first kappa shape index (κ1) is 30.2. The molecule has 202 valence electrons. The van der Waals surface area contributed by atoms with Crippen molar-refractivity contribution in [3.8, 4) is 11.5 Å². The van der Waals surface area contributed by atoms with Gasteiger partial charge in [0.25, 0.3) is 0 Å². The van der Waals surface area contributed by atoms with E-state index in [1.165, 1.54) is 44.9 Å². The molecule has 1 aromatic rings. The molecule has 5 nitrogen and oxygen atoms in total. The van der Waals surface area contributed by atoms with Gasteiger partial charge in [0.1, 0.15) is 17.1 Å². The molecule has 0 saturated carbocycles. The van der Waals surface area contributed by atoms with Crippen molar-refractivity contribution in [1.82, 2.24) is 0 Å². The highest BCUT2D eigenvalue weighted by Gasteiger charge is 2.35. The van der Waals surface area contributed by atoms with Gasteiger partial charge in [0.15, 0.2) is 0 Å². The molecule has 0 amide bonds. The highest BCUT2D eigenvalue weighted by molar-refractivity contribution is 7.46. The summed E-state index contributed by atoms with van der Waals surface area (Å²) < 4.78 is 23.1. The monoisotopic (exact) mass is 510 g/mol. The predicted octanol–water partition coefficient (Wildman–Crippen LogP) is 8.61. The molecule has 0 saturated heterocycles. The molecule has 0 aliphatic carbocycles. The van der Waals surface area contributed by atoms with Crippen LogP contribution >= 0.6 is 7.82 Å². The highest BCUT2D eigenvalue weighted by atomic mass is 31.2. The highest BCUT2D eigenvalue weighted by Crippen LogP contribution is 2.48. The average molecular weight is 511 g/mol. The summed E-state index contributed by atoms with van der Waals surface area (Å²) in [6, 6.07) is 0. The zero-order chi connectivity index (χ0) is 26.4. The minimum atomic E-state index is -4.61. The summed E-state index contributed by atoms with van der Waals surface area (Å²) in [5.41, 5.74) is 3.24. The molecule has 2 rings (SSSR count). The van der Waals surface area contributed by atoms with Gasteiger partial charge in [-0.3, -0.25) is 9.79 Å². The molecule has 0 fully saturated rings. The van der Waals surface area contributed by atoms with E-state index in [2.05, 4.69) is 34.6 Å². The molecule has 0 spiro atoms. The summed E-state index contributed by atoms with van der Waals surface area (Å²) in [4.78, 5) is 18.7. The zero-order valence-electron chi connectivity index (χ0n) is 23.6. The molecule has 6 heteroatoms. The minimum Gasteiger partial charge on any atom is -0.487 e. The molecule has 0 radical (unpaired) electrons. The Morgan fingerprint density at radius 1 is 0.886 bits per heavy atom. The van der Waals surface area contributed by atoms with Crippen molar-refractivity contribution in [3.63, 3.8) is 0 Å². The second-order valence-corrected chi connectivity index (χ2v) is 13.2. The molecule has 0 aromatic heterocycles. The zero-order valence-corrected chi connectivity index (χ0v) is 24.5. The molecule has 35 heavy (non-hydrogen) atoms. The first-order valence-electron chi connectivity index (χ1n) is 13.8. The maximum Gasteiger partial charge on any atom is 0.524 e. The molecule has 1 aliphatic heterocycles. The largest absolute Gasteiger partial charge is 0.524 e. The molecule has 2 N–H and O–H groups in total. The van der Waals surface area contributed by atoms with Crippen LogP contribution in [-0.2, 0) is 11.0 Å². The van der Waals surface area contributed by atoms with Crippen molar-refractivity contribution in [3.05, 3.63) is 22.3 Å². The fourth-order valence-corrected chi connectivity index (χ4v) is 6.03. The van der Waals surface area contributed by atoms with E-state index in [1.807, 2.05) is 20.8 Å². The summed E-state index contributed by atoms with van der Waals surface area (Å²) in [5, 5.41) is 0. The van der Waals surface area contributed by atoms with Gasteiger partial charge in [0.05, 0.1) is 0 Å². The molecular formula is C29H51O5P. The lowest BCUT2D eigenvalue weighted by Gasteiger charge is -2.38. The molecular weight excluding hydrogens is 459 g/mol. The van der Waals surface area contributed by atoms with Crippen LogP contribution in [-0.4, -0.2) is 15.4 Å². The number of phosphoric ester groups is 1. The minimum absolute atomic E-state index is 0.201. The number of hydrogen-bond donors (Lipinski definition) is 2. The number of phosphoric acid groups is 1. The van der Waals surface area contributed by atoms with Crippen LogP contribution in [0.4, 0.5) is 0 Å². The van der Waals surface area contributed by atoms with Crippen LogP contribution in [0, 0.1) is 38.5 Å². The Labute approximate surface area is 214 Å². The Bertz CT molecular complexity index is 875. The topological polar surface area (TPSA) is 76.0 Å². The van der Waals surface area contributed by atoms with E-state index in [-0.39, 0.29) is 5.60 Å². The van der Waals surface area contributed by atoms with Gasteiger partial charge in [-0.25, -0.2) is 4.57 Å². The molecule has 1 aliphatic rings. The van der Waals surface area contributed by atoms with Crippen molar-refractivity contribution < 1.29 is 23.6 Å². The molecule has 0 unspecified atom stereocenters. The number of hydrogen-bond acceptors (Lipinski definition) is 3. The lowest BCUT2D eigenvalue weighted by molar-refractivity contribution is 0.0512. The first-order chi connectivity index (χ1) is 16.2. The normalized spacial score (nSPS) is 19.9. The Morgan fingerprint density at radius 2 is 1.43 bits per heavy atom. The molecule has 1 aromatic carbocycles. The van der Waals surface area contributed by atoms with E-state index in [4.69, 9.17) is 9.26 Å². The average Bonchev–Trinajstić information content (AvgIpc) is 2.74. The number of rotatable bonds is 14. The maximum absolute atomic E-state index is 11.5. The summed E-state index contributed by atoms with van der Waals surface area (Å²) in [7, 11) is -4.61. The van der Waals surface area contributed by atoms with Crippen LogP contribution < -0.4 is 9.26 Å². The van der Waals surface area contributed by atoms with Gasteiger partial charge in [-0.1, -0.05) is 72.6 Å². The fourth-order valence-electron chi connectivity index (χ4n) is 5.52. The van der Waals surface area contributed by atoms with Crippen LogP contribution in [0.2, 0.25) is 0 Å². The number of fused-ring (bicyclic) bond motifs is 1. The standard InChI is InChI=1S/C29H51O5P/c1-20(2)12-9-13-21(3)14-10-15-22(4)16-11-18-29(8)19-17-26-25(7)27(34-35(30,31)32)23(5)24(6)28(26)33-29/h20-22H,9-19H2,1-8H3,(H2,30,31,32)/t21-,22-,29-/m0/s1. The summed E-state index contributed by atoms with van der Waals surface area (Å²) >= 11 is 0. The molecule has 0 bridgehead atoms. The summed E-state index contributed by atoms with van der Waals surface area (Å²) in [6.07, 6.45) is 13.3. The van der Waals surface area contributed by atoms with Crippen LogP contribution in [0.1, 0.15) is 121 Å². The van der Waals surface area contributed by atoms with Crippen molar-refractivity contribution >= 4 is 7.82 Å². The molecule has 3 atom stereocenters. The van der Waals surface area contributed by atoms with Gasteiger partial charge < -0.3 is 9.26 Å². The van der Waals surface area contributed by atoms with E-state index >= 15 is 0 Å². The Morgan fingerprint density at radius 3 is 1.97 bits per heavy atom. The fraction of sp³-hybridized carbons (Fsp3) is 0.793. The lowest BCUT2D eigenvalue weighted by Crippen LogP contribution is -2.37. The van der Waals surface area contributed by atoms with Crippen molar-refractivity contribution in [1.29, 1.82) is 0 Å². The van der Waals surface area contributed by atoms with E-state index in [0.29, 0.717) is 5.75 Å². The van der Waals surface area contributed by atoms with Crippen LogP contribution in [0.3, 0.4) is 0 Å². The quantitative estimate of drug-likeness (QED) is 0.245. The van der Waals surface area contributed by atoms with E-state index < -0.39 is 7.82 Å². The number of ether oxygens (including phenoxy) is 1. The van der Waals surface area contributed by atoms with Gasteiger partial charge >= 0.3 is 7.82 Å². The van der Waals surface area contributed by atoms with E-state index in [9.17, 15) is 14.4 Å². The Balaban J connectivity index is 1.85. The predicted molar refractivity (Wildman–Crippen MR) is 145 cm³/mol. The third-order valence-corrected chi connectivity index (χ3v) is 8.47. The van der Waals surface area contributed by atoms with Crippen LogP contribution in [0.15, 0.2) is 0 Å². The van der Waals surface area contributed by atoms with Crippen molar-refractivity contribution in [2.75, 3.05) is 0 Å². The molecule has 1 heterocycles. The van der Waals surface area contributed by atoms with E-state index in [0.717, 1.165) is 71.4 Å². The SMILES string of the molecule is Cc1c(C)c2c(c(C)c1OP(=O)(O)O)CC[C@](C)(CCC[C@@H](C)CCC[C@@H](C)CCCC(C)C)O2. The maximum atomic E-state index is 11.5. The Kier molecular flexibility index (Phi) is 11.2. The summed E-state index contributed by atoms with van der Waals surface area (Å²) in [6.45, 7) is 17.3. The van der Waals surface area contributed by atoms with Gasteiger partial charge in [-0.15, -0.1) is 0 Å². The Hall–Kier alpha value is -1.03. The third kappa shape index (κ3) is 9.41. The van der Waals surface area contributed by atoms with Crippen molar-refractivity contribution in [2.24, 2.45) is 17.8 Å².